The molecule has 0 atom stereocenters. The molecule has 0 unspecified atom stereocenters. The Morgan fingerprint density at radius 1 is 0.719 bits per heavy atom. The third-order valence-electron chi connectivity index (χ3n) is 4.57. The fraction of sp³-hybridized carbons (Fsp3) is 0.125. The van der Waals surface area contributed by atoms with E-state index in [-0.39, 0.29) is 24.6 Å². The zero-order chi connectivity index (χ0) is 22.9. The molecular weight excluding hydrogens is 411 g/mol. The normalized spacial score (nSPS) is 10.2. The summed E-state index contributed by atoms with van der Waals surface area (Å²) in [5.41, 5.74) is 2.30. The molecule has 164 valence electrons. The molecule has 4 N–H and O–H groups in total. The van der Waals surface area contributed by atoms with Crippen LogP contribution in [0.4, 0.5) is 20.6 Å². The number of hydrogen-bond acceptors (Lipinski definition) is 3. The number of hydrogen-bond donors (Lipinski definition) is 4. The maximum atomic E-state index is 13.6. The minimum atomic E-state index is -0.443. The van der Waals surface area contributed by atoms with Crippen molar-refractivity contribution in [3.63, 3.8) is 0 Å². The number of anilines is 2. The monoisotopic (exact) mass is 434 g/mol. The van der Waals surface area contributed by atoms with Gasteiger partial charge >= 0.3 is 6.03 Å². The summed E-state index contributed by atoms with van der Waals surface area (Å²) < 4.78 is 13.6. The first-order valence-corrected chi connectivity index (χ1v) is 9.98. The predicted molar refractivity (Wildman–Crippen MR) is 121 cm³/mol. The van der Waals surface area contributed by atoms with E-state index in [9.17, 15) is 18.8 Å². The Morgan fingerprint density at radius 2 is 1.25 bits per heavy atom. The van der Waals surface area contributed by atoms with Crippen LogP contribution >= 0.6 is 0 Å². The lowest BCUT2D eigenvalue weighted by Crippen LogP contribution is -2.34. The highest BCUT2D eigenvalue weighted by Crippen LogP contribution is 2.12. The SMILES string of the molecule is Cc1ccc(C(=O)NCCNC(=O)c2ccc(NC(=O)Nc3ccccc3)cc2)cc1F. The van der Waals surface area contributed by atoms with Crippen LogP contribution in [-0.4, -0.2) is 30.9 Å². The average Bonchev–Trinajstić information content (AvgIpc) is 2.79. The van der Waals surface area contributed by atoms with Gasteiger partial charge in [0.2, 0.25) is 0 Å². The summed E-state index contributed by atoms with van der Waals surface area (Å²) in [6.45, 7) is 2.02. The van der Waals surface area contributed by atoms with Gasteiger partial charge < -0.3 is 21.3 Å². The van der Waals surface area contributed by atoms with Crippen LogP contribution in [0, 0.1) is 12.7 Å². The Kier molecular flexibility index (Phi) is 7.53. The fourth-order valence-electron chi connectivity index (χ4n) is 2.81. The topological polar surface area (TPSA) is 99.3 Å². The number of benzene rings is 3. The van der Waals surface area contributed by atoms with Crippen molar-refractivity contribution in [2.45, 2.75) is 6.92 Å². The van der Waals surface area contributed by atoms with E-state index >= 15 is 0 Å². The van der Waals surface area contributed by atoms with Crippen molar-refractivity contribution < 1.29 is 18.8 Å². The Bertz CT molecular complexity index is 1100. The van der Waals surface area contributed by atoms with E-state index < -0.39 is 17.8 Å². The molecule has 3 aromatic rings. The number of carbonyl (C=O) groups is 3. The van der Waals surface area contributed by atoms with Crippen molar-refractivity contribution in [3.05, 3.63) is 95.3 Å². The van der Waals surface area contributed by atoms with Crippen molar-refractivity contribution in [1.29, 1.82) is 0 Å². The van der Waals surface area contributed by atoms with E-state index in [1.807, 2.05) is 18.2 Å². The standard InChI is InChI=1S/C24H23FN4O3/c1-16-7-8-18(15-21(16)25)23(31)27-14-13-26-22(30)17-9-11-20(12-10-17)29-24(32)28-19-5-3-2-4-6-19/h2-12,15H,13-14H2,1H3,(H,26,30)(H,27,31)(H2,28,29,32). The Morgan fingerprint density at radius 3 is 1.84 bits per heavy atom. The molecule has 0 radical (unpaired) electrons. The molecule has 32 heavy (non-hydrogen) atoms. The van der Waals surface area contributed by atoms with E-state index in [0.717, 1.165) is 0 Å². The van der Waals surface area contributed by atoms with E-state index in [1.165, 1.54) is 12.1 Å². The molecule has 0 saturated carbocycles. The van der Waals surface area contributed by atoms with E-state index in [4.69, 9.17) is 0 Å². The quantitative estimate of drug-likeness (QED) is 0.424. The van der Waals surface area contributed by atoms with Crippen LogP contribution in [0.5, 0.6) is 0 Å². The van der Waals surface area contributed by atoms with Crippen LogP contribution in [0.3, 0.4) is 0 Å². The molecule has 0 aliphatic heterocycles. The van der Waals surface area contributed by atoms with Gasteiger partial charge in [-0.25, -0.2) is 9.18 Å². The van der Waals surface area contributed by atoms with Gasteiger partial charge in [0.05, 0.1) is 0 Å². The van der Waals surface area contributed by atoms with Gasteiger partial charge in [-0.1, -0.05) is 24.3 Å². The second kappa shape index (κ2) is 10.7. The summed E-state index contributed by atoms with van der Waals surface area (Å²) >= 11 is 0. The first kappa shape index (κ1) is 22.5. The second-order valence-corrected chi connectivity index (χ2v) is 7.00. The molecular formula is C24H23FN4O3. The van der Waals surface area contributed by atoms with Crippen molar-refractivity contribution >= 4 is 29.2 Å². The molecule has 3 aromatic carbocycles. The maximum Gasteiger partial charge on any atom is 0.323 e. The predicted octanol–water partition coefficient (Wildman–Crippen LogP) is 3.94. The molecule has 0 fully saturated rings. The first-order valence-electron chi connectivity index (χ1n) is 9.98. The highest BCUT2D eigenvalue weighted by Gasteiger charge is 2.09. The Labute approximate surface area is 185 Å². The molecule has 0 bridgehead atoms. The van der Waals surface area contributed by atoms with Crippen molar-refractivity contribution in [1.82, 2.24) is 10.6 Å². The molecule has 0 saturated heterocycles. The summed E-state index contributed by atoms with van der Waals surface area (Å²) in [4.78, 5) is 36.3. The van der Waals surface area contributed by atoms with E-state index in [1.54, 1.807) is 49.4 Å². The summed E-state index contributed by atoms with van der Waals surface area (Å²) in [6, 6.07) is 19.3. The summed E-state index contributed by atoms with van der Waals surface area (Å²) in [7, 11) is 0. The van der Waals surface area contributed by atoms with Crippen molar-refractivity contribution in [2.75, 3.05) is 23.7 Å². The Hall–Kier alpha value is -4.20. The number of aryl methyl sites for hydroxylation is 1. The lowest BCUT2D eigenvalue weighted by molar-refractivity contribution is 0.0927. The zero-order valence-corrected chi connectivity index (χ0v) is 17.4. The number of urea groups is 1. The summed E-state index contributed by atoms with van der Waals surface area (Å²) in [6.07, 6.45) is 0. The Balaban J connectivity index is 1.42. The average molecular weight is 434 g/mol. The van der Waals surface area contributed by atoms with Crippen LogP contribution in [0.2, 0.25) is 0 Å². The maximum absolute atomic E-state index is 13.6. The molecule has 8 heteroatoms. The lowest BCUT2D eigenvalue weighted by Gasteiger charge is -2.09. The van der Waals surface area contributed by atoms with Gasteiger partial charge in [0.1, 0.15) is 5.82 Å². The molecule has 7 nitrogen and oxygen atoms in total. The fourth-order valence-corrected chi connectivity index (χ4v) is 2.81. The van der Waals surface area contributed by atoms with Crippen molar-refractivity contribution in [2.24, 2.45) is 0 Å². The van der Waals surface area contributed by atoms with Gasteiger partial charge in [-0.3, -0.25) is 9.59 Å². The number of amides is 4. The molecule has 0 aliphatic rings. The smallest absolute Gasteiger partial charge is 0.323 e. The van der Waals surface area contributed by atoms with Gasteiger partial charge in [0.25, 0.3) is 11.8 Å². The number of nitrogens with one attached hydrogen (secondary N) is 4. The van der Waals surface area contributed by atoms with Gasteiger partial charge in [-0.05, 0) is 61.0 Å². The van der Waals surface area contributed by atoms with Crippen LogP contribution in [0.1, 0.15) is 26.3 Å². The highest BCUT2D eigenvalue weighted by molar-refractivity contribution is 6.00. The molecule has 0 heterocycles. The highest BCUT2D eigenvalue weighted by atomic mass is 19.1. The largest absolute Gasteiger partial charge is 0.350 e. The van der Waals surface area contributed by atoms with Crippen LogP contribution < -0.4 is 21.3 Å². The minimum absolute atomic E-state index is 0.194. The van der Waals surface area contributed by atoms with E-state index in [0.29, 0.717) is 22.5 Å². The summed E-state index contributed by atoms with van der Waals surface area (Å²) in [5.74, 6) is -1.18. The van der Waals surface area contributed by atoms with Crippen molar-refractivity contribution in [3.8, 4) is 0 Å². The number of carbonyl (C=O) groups excluding carboxylic acids is 3. The number of para-hydroxylation sites is 1. The van der Waals surface area contributed by atoms with Crippen LogP contribution in [0.15, 0.2) is 72.8 Å². The second-order valence-electron chi connectivity index (χ2n) is 7.00. The van der Waals surface area contributed by atoms with Gasteiger partial charge in [-0.15, -0.1) is 0 Å². The van der Waals surface area contributed by atoms with Crippen LogP contribution in [-0.2, 0) is 0 Å². The third-order valence-corrected chi connectivity index (χ3v) is 4.57. The molecule has 0 aliphatic carbocycles. The lowest BCUT2D eigenvalue weighted by atomic mass is 10.1. The molecule has 3 rings (SSSR count). The van der Waals surface area contributed by atoms with Gasteiger partial charge in [-0.2, -0.15) is 0 Å². The number of rotatable bonds is 7. The molecule has 4 amide bonds. The number of halogens is 1. The first-order chi connectivity index (χ1) is 15.4. The molecule has 0 spiro atoms. The minimum Gasteiger partial charge on any atom is -0.350 e. The van der Waals surface area contributed by atoms with Gasteiger partial charge in [0, 0.05) is 35.6 Å². The van der Waals surface area contributed by atoms with E-state index in [2.05, 4.69) is 21.3 Å². The van der Waals surface area contributed by atoms with Gasteiger partial charge in [0.15, 0.2) is 0 Å². The summed E-state index contributed by atoms with van der Waals surface area (Å²) in [5, 5.41) is 10.7. The molecule has 0 aromatic heterocycles. The zero-order valence-electron chi connectivity index (χ0n) is 17.4. The van der Waals surface area contributed by atoms with Crippen LogP contribution in [0.25, 0.3) is 0 Å². The third kappa shape index (κ3) is 6.40.